The van der Waals surface area contributed by atoms with Crippen molar-refractivity contribution in [1.29, 1.82) is 0 Å². The Morgan fingerprint density at radius 3 is 2.45 bits per heavy atom. The normalized spacial score (nSPS) is 15.5. The van der Waals surface area contributed by atoms with E-state index in [1.165, 1.54) is 5.57 Å². The average molecular weight is 413 g/mol. The highest BCUT2D eigenvalue weighted by atomic mass is 16.5. The lowest BCUT2D eigenvalue weighted by molar-refractivity contribution is 0.131. The molecule has 0 radical (unpaired) electrons. The molecule has 1 aromatic heterocycles. The minimum absolute atomic E-state index is 0.221. The van der Waals surface area contributed by atoms with E-state index in [0.717, 1.165) is 53.5 Å². The fraction of sp³-hybridized carbons (Fsp3) is 0.259. The largest absolute Gasteiger partial charge is 0.488 e. The molecule has 0 unspecified atom stereocenters. The monoisotopic (exact) mass is 412 g/mol. The number of hydrogen-bond donors (Lipinski definition) is 0. The summed E-state index contributed by atoms with van der Waals surface area (Å²) in [5.41, 5.74) is 4.22. The maximum atomic E-state index is 6.08. The molecule has 4 heteroatoms. The van der Waals surface area contributed by atoms with Crippen molar-refractivity contribution in [3.63, 3.8) is 0 Å². The minimum atomic E-state index is -0.221. The van der Waals surface area contributed by atoms with Gasteiger partial charge >= 0.3 is 0 Å². The van der Waals surface area contributed by atoms with E-state index in [9.17, 15) is 0 Å². The van der Waals surface area contributed by atoms with Crippen molar-refractivity contribution in [2.45, 2.75) is 39.2 Å². The van der Waals surface area contributed by atoms with Crippen LogP contribution in [0.4, 0.5) is 0 Å². The third kappa shape index (κ3) is 5.82. The zero-order valence-electron chi connectivity index (χ0n) is 18.3. The lowest BCUT2D eigenvalue weighted by Gasteiger charge is -2.21. The summed E-state index contributed by atoms with van der Waals surface area (Å²) in [6.07, 6.45) is 7.95. The molecule has 1 aliphatic heterocycles. The fourth-order valence-electron chi connectivity index (χ4n) is 3.53. The van der Waals surface area contributed by atoms with Gasteiger partial charge in [-0.2, -0.15) is 0 Å². The molecule has 0 saturated heterocycles. The van der Waals surface area contributed by atoms with Crippen molar-refractivity contribution >= 4 is 11.8 Å². The minimum Gasteiger partial charge on any atom is -0.488 e. The van der Waals surface area contributed by atoms with Crippen LogP contribution in [0.25, 0.3) is 6.08 Å². The Morgan fingerprint density at radius 2 is 1.71 bits per heavy atom. The first-order valence-corrected chi connectivity index (χ1v) is 10.7. The van der Waals surface area contributed by atoms with Gasteiger partial charge in [-0.1, -0.05) is 12.1 Å². The van der Waals surface area contributed by atoms with Crippen molar-refractivity contribution in [1.82, 2.24) is 4.98 Å². The van der Waals surface area contributed by atoms with Crippen LogP contribution in [0.3, 0.4) is 0 Å². The van der Waals surface area contributed by atoms with Crippen LogP contribution in [0, 0.1) is 0 Å². The van der Waals surface area contributed by atoms with E-state index in [-0.39, 0.29) is 5.60 Å². The molecule has 0 N–H and O–H groups in total. The van der Waals surface area contributed by atoms with Crippen LogP contribution in [0.1, 0.15) is 44.7 Å². The number of pyridine rings is 1. The molecule has 0 atom stereocenters. The molecule has 0 aliphatic carbocycles. The smallest absolute Gasteiger partial charge is 0.128 e. The van der Waals surface area contributed by atoms with Gasteiger partial charge in [-0.15, -0.1) is 0 Å². The maximum absolute atomic E-state index is 6.08. The number of nitrogens with zero attached hydrogens (tertiary/aromatic N) is 2. The summed E-state index contributed by atoms with van der Waals surface area (Å²) < 4.78 is 12.0. The zero-order valence-corrected chi connectivity index (χ0v) is 18.3. The molecule has 158 valence electrons. The summed E-state index contributed by atoms with van der Waals surface area (Å²) in [4.78, 5) is 9.02. The van der Waals surface area contributed by atoms with E-state index in [2.05, 4.69) is 29.3 Å². The molecular formula is C27H28N2O2. The molecule has 4 rings (SSSR count). The number of aliphatic imine (C=N–C) groups is 1. The van der Waals surface area contributed by atoms with E-state index in [1.54, 1.807) is 6.20 Å². The van der Waals surface area contributed by atoms with Gasteiger partial charge in [0.2, 0.25) is 0 Å². The summed E-state index contributed by atoms with van der Waals surface area (Å²) in [7, 11) is 0. The van der Waals surface area contributed by atoms with E-state index < -0.39 is 0 Å². The van der Waals surface area contributed by atoms with Crippen molar-refractivity contribution < 1.29 is 9.47 Å². The molecule has 0 spiro atoms. The Bertz CT molecular complexity index is 1080. The Hall–Kier alpha value is -3.40. The van der Waals surface area contributed by atoms with Crippen molar-refractivity contribution in [3.8, 4) is 17.2 Å². The van der Waals surface area contributed by atoms with E-state index in [4.69, 9.17) is 14.5 Å². The van der Waals surface area contributed by atoms with Crippen LogP contribution in [0.5, 0.6) is 17.2 Å². The van der Waals surface area contributed by atoms with Crippen LogP contribution in [-0.4, -0.2) is 22.8 Å². The van der Waals surface area contributed by atoms with Gasteiger partial charge in [-0.25, -0.2) is 0 Å². The average Bonchev–Trinajstić information content (AvgIpc) is 2.75. The number of hydrogen-bond acceptors (Lipinski definition) is 4. The first-order chi connectivity index (χ1) is 15.0. The summed E-state index contributed by atoms with van der Waals surface area (Å²) in [5, 5.41) is 0. The Kier molecular flexibility index (Phi) is 6.17. The molecule has 0 saturated carbocycles. The van der Waals surface area contributed by atoms with Crippen molar-refractivity contribution in [2.75, 3.05) is 6.54 Å². The first-order valence-electron chi connectivity index (χ1n) is 10.7. The number of benzene rings is 2. The van der Waals surface area contributed by atoms with Gasteiger partial charge in [0.15, 0.2) is 0 Å². The number of aromatic nitrogens is 1. The molecule has 4 nitrogen and oxygen atoms in total. The fourth-order valence-corrected chi connectivity index (χ4v) is 3.53. The summed E-state index contributed by atoms with van der Waals surface area (Å²) >= 11 is 0. The number of allylic oxidation sites excluding steroid dienone is 1. The first kappa shape index (κ1) is 20.9. The van der Waals surface area contributed by atoms with E-state index in [0.29, 0.717) is 0 Å². The predicted octanol–water partition coefficient (Wildman–Crippen LogP) is 6.72. The third-order valence-corrected chi connectivity index (χ3v) is 4.80. The van der Waals surface area contributed by atoms with Crippen molar-refractivity contribution in [3.05, 3.63) is 89.8 Å². The molecule has 0 amide bonds. The van der Waals surface area contributed by atoms with Gasteiger partial charge in [-0.05, 0) is 99.4 Å². The second kappa shape index (κ2) is 9.17. The molecule has 31 heavy (non-hydrogen) atoms. The summed E-state index contributed by atoms with van der Waals surface area (Å²) in [6.45, 7) is 6.97. The number of rotatable bonds is 5. The Balaban J connectivity index is 1.52. The topological polar surface area (TPSA) is 43.7 Å². The third-order valence-electron chi connectivity index (χ3n) is 4.80. The van der Waals surface area contributed by atoms with Crippen molar-refractivity contribution in [2.24, 2.45) is 4.99 Å². The standard InChI is InChI=1S/C27H28N2O2/c1-27(2,3)31-24-13-11-23(12-14-24)30-25-10-4-7-20(18-25)17-21-8-6-16-29-26(21)22-9-5-15-28-19-22/h4-5,7,9-15,17-19H,6,8,16H2,1-3H3. The van der Waals surface area contributed by atoms with Crippen LogP contribution in [-0.2, 0) is 0 Å². The molecular weight excluding hydrogens is 384 g/mol. The van der Waals surface area contributed by atoms with Gasteiger partial charge in [0.25, 0.3) is 0 Å². The van der Waals surface area contributed by atoms with E-state index in [1.807, 2.05) is 69.4 Å². The second-order valence-corrected chi connectivity index (χ2v) is 8.61. The highest BCUT2D eigenvalue weighted by Gasteiger charge is 2.14. The van der Waals surface area contributed by atoms with E-state index >= 15 is 0 Å². The highest BCUT2D eigenvalue weighted by Crippen LogP contribution is 2.28. The lowest BCUT2D eigenvalue weighted by Crippen LogP contribution is -2.22. The van der Waals surface area contributed by atoms with Gasteiger partial charge in [0.05, 0.1) is 5.71 Å². The van der Waals surface area contributed by atoms with Crippen LogP contribution in [0.2, 0.25) is 0 Å². The SMILES string of the molecule is CC(C)(C)Oc1ccc(Oc2cccc(C=C3CCCN=C3c3cccnc3)c2)cc1. The quantitative estimate of drug-likeness (QED) is 0.467. The number of ether oxygens (including phenoxy) is 2. The van der Waals surface area contributed by atoms with Crippen LogP contribution >= 0.6 is 0 Å². The van der Waals surface area contributed by atoms with Gasteiger partial charge in [0.1, 0.15) is 22.8 Å². The molecule has 1 aliphatic rings. The van der Waals surface area contributed by atoms with Crippen LogP contribution in [0.15, 0.2) is 83.6 Å². The van der Waals surface area contributed by atoms with Gasteiger partial charge in [-0.3, -0.25) is 9.98 Å². The molecule has 0 fully saturated rings. The molecule has 2 heterocycles. The summed E-state index contributed by atoms with van der Waals surface area (Å²) in [6, 6.07) is 19.9. The molecule has 0 bridgehead atoms. The predicted molar refractivity (Wildman–Crippen MR) is 126 cm³/mol. The molecule has 3 aromatic rings. The lowest BCUT2D eigenvalue weighted by atomic mass is 9.95. The Labute approximate surface area is 184 Å². The molecule has 2 aromatic carbocycles. The summed E-state index contributed by atoms with van der Waals surface area (Å²) in [5.74, 6) is 2.41. The highest BCUT2D eigenvalue weighted by molar-refractivity contribution is 6.15. The maximum Gasteiger partial charge on any atom is 0.128 e. The van der Waals surface area contributed by atoms with Gasteiger partial charge < -0.3 is 9.47 Å². The van der Waals surface area contributed by atoms with Crippen LogP contribution < -0.4 is 9.47 Å². The van der Waals surface area contributed by atoms with Gasteiger partial charge in [0, 0.05) is 24.5 Å². The second-order valence-electron chi connectivity index (χ2n) is 8.61. The zero-order chi connectivity index (χ0) is 21.7. The Morgan fingerprint density at radius 1 is 0.903 bits per heavy atom.